The lowest BCUT2D eigenvalue weighted by Gasteiger charge is -2.26. The predicted molar refractivity (Wildman–Crippen MR) is 125 cm³/mol. The molecule has 2 heterocycles. The van der Waals surface area contributed by atoms with E-state index in [2.05, 4.69) is 39.6 Å². The molecule has 0 radical (unpaired) electrons. The molecule has 1 unspecified atom stereocenters. The standard InChI is InChI=1S/C19H33N5OS.HI/c1-5-15-9-10-16(26-15)14-22-19(20-2)21-11-7-13-24-12-6-8-17(24)18(25)23(3)4;/h9-10,17H,5-8,11-14H2,1-4H3,(H2,20,21,22);1H. The van der Waals surface area contributed by atoms with Gasteiger partial charge in [0.1, 0.15) is 0 Å². The highest BCUT2D eigenvalue weighted by molar-refractivity contribution is 14.0. The zero-order valence-electron chi connectivity index (χ0n) is 17.0. The molecule has 6 nitrogen and oxygen atoms in total. The fraction of sp³-hybridized carbons (Fsp3) is 0.684. The van der Waals surface area contributed by atoms with Crippen LogP contribution in [0.2, 0.25) is 0 Å². The van der Waals surface area contributed by atoms with Crippen molar-refractivity contribution in [1.29, 1.82) is 0 Å². The Morgan fingerprint density at radius 3 is 2.70 bits per heavy atom. The van der Waals surface area contributed by atoms with Crippen LogP contribution in [0, 0.1) is 0 Å². The molecule has 0 bridgehead atoms. The number of rotatable bonds is 8. The topological polar surface area (TPSA) is 60.0 Å². The van der Waals surface area contributed by atoms with Gasteiger partial charge < -0.3 is 15.5 Å². The molecular weight excluding hydrogens is 473 g/mol. The Morgan fingerprint density at radius 1 is 1.33 bits per heavy atom. The highest BCUT2D eigenvalue weighted by atomic mass is 127. The Balaban J connectivity index is 0.00000364. The lowest BCUT2D eigenvalue weighted by atomic mass is 10.2. The van der Waals surface area contributed by atoms with E-state index in [-0.39, 0.29) is 35.9 Å². The summed E-state index contributed by atoms with van der Waals surface area (Å²) in [7, 11) is 5.48. The van der Waals surface area contributed by atoms with Crippen molar-refractivity contribution in [3.63, 3.8) is 0 Å². The second kappa shape index (κ2) is 12.6. The van der Waals surface area contributed by atoms with Gasteiger partial charge in [-0.25, -0.2) is 0 Å². The van der Waals surface area contributed by atoms with Gasteiger partial charge in [-0.1, -0.05) is 6.92 Å². The van der Waals surface area contributed by atoms with Crippen LogP contribution in [0.3, 0.4) is 0 Å². The van der Waals surface area contributed by atoms with Crippen LogP contribution in [-0.2, 0) is 17.8 Å². The molecule has 1 aliphatic rings. The third kappa shape index (κ3) is 7.57. The minimum Gasteiger partial charge on any atom is -0.356 e. The number of aryl methyl sites for hydroxylation is 1. The smallest absolute Gasteiger partial charge is 0.239 e. The molecule has 27 heavy (non-hydrogen) atoms. The van der Waals surface area contributed by atoms with E-state index in [1.54, 1.807) is 11.9 Å². The Hall–Kier alpha value is -0.870. The zero-order chi connectivity index (χ0) is 18.9. The fourth-order valence-corrected chi connectivity index (χ4v) is 4.16. The third-order valence-electron chi connectivity index (χ3n) is 4.72. The summed E-state index contributed by atoms with van der Waals surface area (Å²) in [5, 5.41) is 6.74. The van der Waals surface area contributed by atoms with Gasteiger partial charge in [0.05, 0.1) is 12.6 Å². The number of guanidine groups is 1. The lowest BCUT2D eigenvalue weighted by Crippen LogP contribution is -2.44. The van der Waals surface area contributed by atoms with Crippen molar-refractivity contribution in [2.75, 3.05) is 40.8 Å². The molecule has 0 aliphatic carbocycles. The zero-order valence-corrected chi connectivity index (χ0v) is 20.1. The Morgan fingerprint density at radius 2 is 2.07 bits per heavy atom. The van der Waals surface area contributed by atoms with Crippen LogP contribution in [0.25, 0.3) is 0 Å². The molecule has 1 atom stereocenters. The Kier molecular flexibility index (Phi) is 11.2. The van der Waals surface area contributed by atoms with Crippen molar-refractivity contribution >= 4 is 47.2 Å². The molecule has 2 rings (SSSR count). The predicted octanol–water partition coefficient (Wildman–Crippen LogP) is 2.54. The number of amides is 1. The van der Waals surface area contributed by atoms with Crippen LogP contribution in [0.4, 0.5) is 0 Å². The van der Waals surface area contributed by atoms with E-state index < -0.39 is 0 Å². The maximum atomic E-state index is 12.2. The first-order valence-corrected chi connectivity index (χ1v) is 10.3. The molecule has 1 fully saturated rings. The van der Waals surface area contributed by atoms with Gasteiger partial charge in [0.25, 0.3) is 0 Å². The first-order chi connectivity index (χ1) is 12.5. The first-order valence-electron chi connectivity index (χ1n) is 9.52. The highest BCUT2D eigenvalue weighted by Crippen LogP contribution is 2.19. The number of carbonyl (C=O) groups excluding carboxylic acids is 1. The normalized spacial score (nSPS) is 17.5. The molecule has 0 spiro atoms. The van der Waals surface area contributed by atoms with E-state index in [1.165, 1.54) is 9.75 Å². The molecule has 1 saturated heterocycles. The molecule has 0 saturated carbocycles. The number of thiophene rings is 1. The quantitative estimate of drug-likeness (QED) is 0.246. The average Bonchev–Trinajstić information content (AvgIpc) is 3.29. The minimum absolute atomic E-state index is 0. The molecule has 154 valence electrons. The summed E-state index contributed by atoms with van der Waals surface area (Å²) in [6.45, 7) is 5.80. The van der Waals surface area contributed by atoms with Gasteiger partial charge >= 0.3 is 0 Å². The number of hydrogen-bond donors (Lipinski definition) is 2. The molecule has 2 N–H and O–H groups in total. The molecule has 0 aromatic carbocycles. The van der Waals surface area contributed by atoms with E-state index >= 15 is 0 Å². The van der Waals surface area contributed by atoms with Crippen LogP contribution in [-0.4, -0.2) is 68.5 Å². The molecule has 1 aromatic heterocycles. The van der Waals surface area contributed by atoms with Crippen LogP contribution >= 0.6 is 35.3 Å². The monoisotopic (exact) mass is 507 g/mol. The van der Waals surface area contributed by atoms with Crippen molar-refractivity contribution in [1.82, 2.24) is 20.4 Å². The molecular formula is C19H34IN5OS. The van der Waals surface area contributed by atoms with E-state index in [0.717, 1.165) is 57.8 Å². The molecule has 1 aliphatic heterocycles. The largest absolute Gasteiger partial charge is 0.356 e. The van der Waals surface area contributed by atoms with Gasteiger partial charge in [-0.2, -0.15) is 0 Å². The molecule has 8 heteroatoms. The van der Waals surface area contributed by atoms with E-state index in [1.807, 2.05) is 25.4 Å². The molecule has 1 amide bonds. The lowest BCUT2D eigenvalue weighted by molar-refractivity contribution is -0.133. The maximum Gasteiger partial charge on any atom is 0.239 e. The van der Waals surface area contributed by atoms with E-state index in [4.69, 9.17) is 0 Å². The summed E-state index contributed by atoms with van der Waals surface area (Å²) < 4.78 is 0. The molecule has 1 aromatic rings. The van der Waals surface area contributed by atoms with Crippen molar-refractivity contribution in [2.24, 2.45) is 4.99 Å². The summed E-state index contributed by atoms with van der Waals surface area (Å²) in [5.74, 6) is 1.06. The third-order valence-corrected chi connectivity index (χ3v) is 5.95. The number of aliphatic imine (C=N–C) groups is 1. The number of halogens is 1. The number of hydrogen-bond acceptors (Lipinski definition) is 4. The summed E-state index contributed by atoms with van der Waals surface area (Å²) >= 11 is 1.85. The van der Waals surface area contributed by atoms with Crippen LogP contribution < -0.4 is 10.6 Å². The summed E-state index contributed by atoms with van der Waals surface area (Å²) in [6, 6.07) is 4.44. The van der Waals surface area contributed by atoms with Crippen LogP contribution in [0.5, 0.6) is 0 Å². The number of carbonyl (C=O) groups is 1. The fourth-order valence-electron chi connectivity index (χ4n) is 3.26. The average molecular weight is 507 g/mol. The number of likely N-dealkylation sites (tertiary alicyclic amines) is 1. The van der Waals surface area contributed by atoms with Crippen molar-refractivity contribution in [2.45, 2.75) is 45.2 Å². The maximum absolute atomic E-state index is 12.2. The first kappa shape index (κ1) is 24.2. The van der Waals surface area contributed by atoms with Crippen LogP contribution in [0.1, 0.15) is 35.9 Å². The van der Waals surface area contributed by atoms with Gasteiger partial charge in [0.15, 0.2) is 5.96 Å². The SMILES string of the molecule is CCc1ccc(CNC(=NC)NCCCN2CCCC2C(=O)N(C)C)s1.I. The number of nitrogens with one attached hydrogen (secondary N) is 2. The van der Waals surface area contributed by atoms with Gasteiger partial charge in [0, 0.05) is 44.0 Å². The van der Waals surface area contributed by atoms with Gasteiger partial charge in [0.2, 0.25) is 5.91 Å². The van der Waals surface area contributed by atoms with Crippen molar-refractivity contribution in [3.8, 4) is 0 Å². The van der Waals surface area contributed by atoms with Gasteiger partial charge in [-0.15, -0.1) is 35.3 Å². The number of likely N-dealkylation sites (N-methyl/N-ethyl adjacent to an activating group) is 1. The highest BCUT2D eigenvalue weighted by Gasteiger charge is 2.30. The minimum atomic E-state index is 0. The van der Waals surface area contributed by atoms with E-state index in [9.17, 15) is 4.79 Å². The van der Waals surface area contributed by atoms with E-state index in [0.29, 0.717) is 0 Å². The Labute approximate surface area is 184 Å². The van der Waals surface area contributed by atoms with Gasteiger partial charge in [-0.3, -0.25) is 14.7 Å². The summed E-state index contributed by atoms with van der Waals surface area (Å²) in [6.07, 6.45) is 4.18. The van der Waals surface area contributed by atoms with Crippen LogP contribution in [0.15, 0.2) is 17.1 Å². The summed E-state index contributed by atoms with van der Waals surface area (Å²) in [5.41, 5.74) is 0. The number of nitrogens with zero attached hydrogens (tertiary/aromatic N) is 3. The van der Waals surface area contributed by atoms with Crippen molar-refractivity contribution in [3.05, 3.63) is 21.9 Å². The second-order valence-corrected chi connectivity index (χ2v) is 8.11. The van der Waals surface area contributed by atoms with Crippen molar-refractivity contribution < 1.29 is 4.79 Å². The summed E-state index contributed by atoms with van der Waals surface area (Å²) in [4.78, 5) is 23.3. The Bertz CT molecular complexity index is 605. The van der Waals surface area contributed by atoms with Gasteiger partial charge in [-0.05, 0) is 44.4 Å². The second-order valence-electron chi connectivity index (χ2n) is 6.85.